The molecular weight excluding hydrogens is 345 g/mol. The molecule has 1 heterocycles. The monoisotopic (exact) mass is 360 g/mol. The van der Waals surface area contributed by atoms with E-state index in [9.17, 15) is 30.7 Å². The first-order valence-electron chi connectivity index (χ1n) is 7.07. The molecule has 1 saturated heterocycles. The third-order valence-corrected chi connectivity index (χ3v) is 3.51. The first-order chi connectivity index (χ1) is 11.1. The molecule has 1 aromatic rings. The van der Waals surface area contributed by atoms with Crippen LogP contribution >= 0.6 is 0 Å². The van der Waals surface area contributed by atoms with Gasteiger partial charge in [-0.2, -0.15) is 30.7 Å². The maximum absolute atomic E-state index is 13.4. The van der Waals surface area contributed by atoms with Crippen LogP contribution in [0.5, 0.6) is 5.75 Å². The molecule has 3 nitrogen and oxygen atoms in total. The zero-order valence-corrected chi connectivity index (χ0v) is 12.3. The summed E-state index contributed by atoms with van der Waals surface area (Å²) < 4.78 is 94.3. The highest BCUT2D eigenvalue weighted by molar-refractivity contribution is 5.32. The minimum absolute atomic E-state index is 0.114. The Morgan fingerprint density at radius 1 is 1.04 bits per heavy atom. The van der Waals surface area contributed by atoms with Gasteiger partial charge >= 0.3 is 18.7 Å². The van der Waals surface area contributed by atoms with Crippen molar-refractivity contribution in [3.63, 3.8) is 0 Å². The van der Waals surface area contributed by atoms with Gasteiger partial charge in [-0.15, -0.1) is 0 Å². The van der Waals surface area contributed by atoms with Crippen molar-refractivity contribution in [2.24, 2.45) is 0 Å². The lowest BCUT2D eigenvalue weighted by molar-refractivity contribution is -0.253. The maximum atomic E-state index is 13.4. The van der Waals surface area contributed by atoms with E-state index in [2.05, 4.69) is 10.1 Å². The largest absolute Gasteiger partial charge is 0.461 e. The van der Waals surface area contributed by atoms with E-state index in [4.69, 9.17) is 0 Å². The van der Waals surface area contributed by atoms with Gasteiger partial charge < -0.3 is 10.1 Å². The molecule has 0 amide bonds. The van der Waals surface area contributed by atoms with Gasteiger partial charge in [-0.3, -0.25) is 4.90 Å². The lowest BCUT2D eigenvalue weighted by Crippen LogP contribution is -2.49. The van der Waals surface area contributed by atoms with Crippen molar-refractivity contribution < 1.29 is 35.5 Å². The van der Waals surface area contributed by atoms with Crippen LogP contribution in [0, 0.1) is 0 Å². The van der Waals surface area contributed by atoms with Gasteiger partial charge in [-0.05, 0) is 17.7 Å². The molecule has 1 atom stereocenters. The molecule has 0 aliphatic carbocycles. The van der Waals surface area contributed by atoms with Gasteiger partial charge in [0, 0.05) is 26.2 Å². The van der Waals surface area contributed by atoms with E-state index in [-0.39, 0.29) is 18.7 Å². The highest BCUT2D eigenvalue weighted by atomic mass is 19.4. The highest BCUT2D eigenvalue weighted by Gasteiger charge is 2.46. The summed E-state index contributed by atoms with van der Waals surface area (Å²) in [5.41, 5.74) is -0.341. The van der Waals surface area contributed by atoms with E-state index >= 15 is 0 Å². The van der Waals surface area contributed by atoms with Crippen molar-refractivity contribution in [2.75, 3.05) is 26.2 Å². The van der Waals surface area contributed by atoms with Crippen LogP contribution in [-0.4, -0.2) is 49.8 Å². The normalized spacial score (nSPS) is 18.7. The number of halogens is 7. The Balaban J connectivity index is 2.29. The fraction of sp³-hybridized carbons (Fsp3) is 0.571. The highest BCUT2D eigenvalue weighted by Crippen LogP contribution is 2.39. The molecule has 1 aliphatic heterocycles. The van der Waals surface area contributed by atoms with E-state index in [1.807, 2.05) is 0 Å². The van der Waals surface area contributed by atoms with Crippen LogP contribution in [0.25, 0.3) is 0 Å². The molecule has 1 fully saturated rings. The van der Waals surface area contributed by atoms with E-state index in [0.29, 0.717) is 13.1 Å². The molecule has 0 spiro atoms. The van der Waals surface area contributed by atoms with Crippen LogP contribution in [0.4, 0.5) is 30.7 Å². The van der Waals surface area contributed by atoms with Crippen LogP contribution in [0.1, 0.15) is 11.6 Å². The molecule has 0 aromatic heterocycles. The van der Waals surface area contributed by atoms with Gasteiger partial charge in [0.15, 0.2) is 0 Å². The quantitative estimate of drug-likeness (QED) is 0.815. The molecule has 24 heavy (non-hydrogen) atoms. The summed E-state index contributed by atoms with van der Waals surface area (Å²) in [6.45, 7) is 0.934. The van der Waals surface area contributed by atoms with Crippen LogP contribution < -0.4 is 10.1 Å². The number of hydrogen-bond donors (Lipinski definition) is 1. The van der Waals surface area contributed by atoms with Crippen LogP contribution in [0.15, 0.2) is 24.3 Å². The Morgan fingerprint density at radius 3 is 2.21 bits per heavy atom. The van der Waals surface area contributed by atoms with Crippen molar-refractivity contribution in [3.8, 4) is 5.75 Å². The second-order valence-corrected chi connectivity index (χ2v) is 5.27. The summed E-state index contributed by atoms with van der Waals surface area (Å²) in [5, 5.41) is 2.91. The molecule has 2 rings (SSSR count). The second kappa shape index (κ2) is 7.14. The van der Waals surface area contributed by atoms with E-state index in [1.165, 1.54) is 0 Å². The molecule has 136 valence electrons. The number of hydrogen-bond acceptors (Lipinski definition) is 3. The zero-order chi connectivity index (χ0) is 18.0. The molecule has 0 saturated carbocycles. The zero-order valence-electron chi connectivity index (χ0n) is 12.3. The Kier molecular flexibility index (Phi) is 5.59. The molecule has 1 aromatic carbocycles. The number of rotatable bonds is 5. The van der Waals surface area contributed by atoms with Crippen LogP contribution in [0.2, 0.25) is 0 Å². The number of nitrogens with zero attached hydrogens (tertiary/aromatic N) is 1. The standard InChI is InChI=1S/C14H15F7N2O/c15-12(16)14(20,21)24-10-3-1-2-9(8-10)11(13(17,18)19)23-6-4-22-5-7-23/h1-3,8,11-12,22H,4-7H2/t11-/m0/s1. The molecule has 0 radical (unpaired) electrons. The maximum Gasteiger partial charge on any atom is 0.461 e. The summed E-state index contributed by atoms with van der Waals surface area (Å²) in [6, 6.07) is 1.77. The molecule has 10 heteroatoms. The van der Waals surface area contributed by atoms with E-state index < -0.39 is 30.5 Å². The smallest absolute Gasteiger partial charge is 0.428 e. The van der Waals surface area contributed by atoms with Gasteiger partial charge in [-0.1, -0.05) is 12.1 Å². The van der Waals surface area contributed by atoms with Crippen molar-refractivity contribution >= 4 is 0 Å². The first-order valence-corrected chi connectivity index (χ1v) is 7.07. The molecule has 0 unspecified atom stereocenters. The predicted molar refractivity (Wildman–Crippen MR) is 71.3 cm³/mol. The summed E-state index contributed by atoms with van der Waals surface area (Å²) in [6.07, 6.45) is -13.5. The third-order valence-electron chi connectivity index (χ3n) is 3.51. The Hall–Kier alpha value is -1.55. The first kappa shape index (κ1) is 18.8. The molecule has 1 N–H and O–H groups in total. The minimum atomic E-state index is -4.78. The topological polar surface area (TPSA) is 24.5 Å². The SMILES string of the molecule is FC(F)C(F)(F)Oc1cccc([C@H](N2CCNCC2)C(F)(F)F)c1. The number of alkyl halides is 7. The number of piperazine rings is 1. The van der Waals surface area contributed by atoms with Gasteiger partial charge in [0.05, 0.1) is 0 Å². The lowest BCUT2D eigenvalue weighted by atomic mass is 10.0. The Bertz CT molecular complexity index is 544. The average Bonchev–Trinajstić information content (AvgIpc) is 2.47. The summed E-state index contributed by atoms with van der Waals surface area (Å²) in [7, 11) is 0. The van der Waals surface area contributed by atoms with Crippen LogP contribution in [-0.2, 0) is 0 Å². The number of nitrogens with one attached hydrogen (secondary N) is 1. The molecular formula is C14H15F7N2O. The van der Waals surface area contributed by atoms with Gasteiger partial charge in [-0.25, -0.2) is 0 Å². The molecule has 1 aliphatic rings. The predicted octanol–water partition coefficient (Wildman–Crippen LogP) is 3.43. The summed E-state index contributed by atoms with van der Waals surface area (Å²) in [4.78, 5) is 1.15. The lowest BCUT2D eigenvalue weighted by Gasteiger charge is -2.36. The Labute approximate surface area is 133 Å². The van der Waals surface area contributed by atoms with Crippen molar-refractivity contribution in [3.05, 3.63) is 29.8 Å². The van der Waals surface area contributed by atoms with Crippen molar-refractivity contribution in [1.29, 1.82) is 0 Å². The van der Waals surface area contributed by atoms with Crippen LogP contribution in [0.3, 0.4) is 0 Å². The fourth-order valence-corrected chi connectivity index (χ4v) is 2.50. The second-order valence-electron chi connectivity index (χ2n) is 5.27. The van der Waals surface area contributed by atoms with Crippen molar-refractivity contribution in [1.82, 2.24) is 10.2 Å². The summed E-state index contributed by atoms with van der Waals surface area (Å²) >= 11 is 0. The third kappa shape index (κ3) is 4.50. The van der Waals surface area contributed by atoms with E-state index in [0.717, 1.165) is 29.2 Å². The fourth-order valence-electron chi connectivity index (χ4n) is 2.50. The Morgan fingerprint density at radius 2 is 1.67 bits per heavy atom. The van der Waals surface area contributed by atoms with Gasteiger partial charge in [0.1, 0.15) is 11.8 Å². The number of benzene rings is 1. The van der Waals surface area contributed by atoms with Gasteiger partial charge in [0.25, 0.3) is 0 Å². The average molecular weight is 360 g/mol. The number of ether oxygens (including phenoxy) is 1. The molecule has 0 bridgehead atoms. The van der Waals surface area contributed by atoms with E-state index in [1.54, 1.807) is 0 Å². The van der Waals surface area contributed by atoms with Crippen molar-refractivity contribution in [2.45, 2.75) is 24.8 Å². The minimum Gasteiger partial charge on any atom is -0.428 e. The summed E-state index contributed by atoms with van der Waals surface area (Å²) in [5.74, 6) is -0.748. The van der Waals surface area contributed by atoms with Gasteiger partial charge in [0.2, 0.25) is 0 Å².